The summed E-state index contributed by atoms with van der Waals surface area (Å²) in [6.07, 6.45) is 1.90. The number of hydrogen-bond acceptors (Lipinski definition) is 4. The quantitative estimate of drug-likeness (QED) is 0.237. The van der Waals surface area contributed by atoms with Gasteiger partial charge >= 0.3 is 0 Å². The van der Waals surface area contributed by atoms with Crippen molar-refractivity contribution in [1.29, 1.82) is 0 Å². The van der Waals surface area contributed by atoms with E-state index < -0.39 is 0 Å². The van der Waals surface area contributed by atoms with Crippen LogP contribution in [0.4, 0.5) is 0 Å². The molecule has 3 aromatic carbocycles. The highest BCUT2D eigenvalue weighted by Gasteiger charge is 2.11. The maximum atomic E-state index is 6.25. The van der Waals surface area contributed by atoms with Gasteiger partial charge in [0, 0.05) is 28.6 Å². The van der Waals surface area contributed by atoms with Crippen molar-refractivity contribution in [2.75, 3.05) is 13.2 Å². The number of H-pyrrole nitrogens is 1. The van der Waals surface area contributed by atoms with Crippen LogP contribution in [0, 0.1) is 0 Å². The molecule has 1 heterocycles. The summed E-state index contributed by atoms with van der Waals surface area (Å²) >= 11 is 12.5. The monoisotopic (exact) mass is 483 g/mol. The van der Waals surface area contributed by atoms with E-state index in [0.29, 0.717) is 28.2 Å². The van der Waals surface area contributed by atoms with Gasteiger partial charge in [0.25, 0.3) is 0 Å². The van der Waals surface area contributed by atoms with Crippen LogP contribution in [0.1, 0.15) is 30.3 Å². The van der Waals surface area contributed by atoms with E-state index in [2.05, 4.69) is 21.4 Å². The van der Waals surface area contributed by atoms with E-state index in [1.807, 2.05) is 49.4 Å². The number of ether oxygens (including phenoxy) is 2. The molecule has 172 valence electrons. The van der Waals surface area contributed by atoms with Gasteiger partial charge in [0.1, 0.15) is 12.4 Å². The van der Waals surface area contributed by atoms with E-state index in [-0.39, 0.29) is 6.61 Å². The number of fused-ring (bicyclic) bond motifs is 1. The van der Waals surface area contributed by atoms with Gasteiger partial charge in [0.15, 0.2) is 11.5 Å². The highest BCUT2D eigenvalue weighted by molar-refractivity contribution is 6.35. The minimum Gasteiger partial charge on any atom is -0.490 e. The van der Waals surface area contributed by atoms with Crippen molar-refractivity contribution in [1.82, 2.24) is 15.3 Å². The molecule has 0 aliphatic carbocycles. The smallest absolute Gasteiger partial charge is 0.161 e. The Labute approximate surface area is 204 Å². The summed E-state index contributed by atoms with van der Waals surface area (Å²) in [5.41, 5.74) is 4.00. The van der Waals surface area contributed by atoms with Crippen LogP contribution in [0.3, 0.4) is 0 Å². The third-order valence-electron chi connectivity index (χ3n) is 5.28. The number of imidazole rings is 1. The first kappa shape index (κ1) is 23.4. The van der Waals surface area contributed by atoms with Gasteiger partial charge in [-0.1, -0.05) is 47.5 Å². The number of nitrogens with one attached hydrogen (secondary N) is 2. The molecule has 0 radical (unpaired) electrons. The lowest BCUT2D eigenvalue weighted by Gasteiger charge is -2.15. The Morgan fingerprint density at radius 3 is 2.55 bits per heavy atom. The third-order valence-corrected chi connectivity index (χ3v) is 5.98. The second kappa shape index (κ2) is 11.4. The Balaban J connectivity index is 1.29. The lowest BCUT2D eigenvalue weighted by atomic mass is 10.2. The van der Waals surface area contributed by atoms with Crippen LogP contribution >= 0.6 is 23.2 Å². The molecule has 0 fully saturated rings. The number of aromatic amines is 1. The number of nitrogens with zero attached hydrogens (tertiary/aromatic N) is 1. The highest BCUT2D eigenvalue weighted by atomic mass is 35.5. The van der Waals surface area contributed by atoms with Crippen molar-refractivity contribution in [3.63, 3.8) is 0 Å². The summed E-state index contributed by atoms with van der Waals surface area (Å²) in [4.78, 5) is 8.01. The van der Waals surface area contributed by atoms with Crippen LogP contribution in [-0.2, 0) is 19.6 Å². The van der Waals surface area contributed by atoms with Crippen molar-refractivity contribution in [3.8, 4) is 11.5 Å². The van der Waals surface area contributed by atoms with Gasteiger partial charge in [-0.25, -0.2) is 4.98 Å². The van der Waals surface area contributed by atoms with Crippen molar-refractivity contribution >= 4 is 34.2 Å². The molecule has 0 atom stereocenters. The van der Waals surface area contributed by atoms with Crippen LogP contribution in [0.25, 0.3) is 11.0 Å². The molecule has 0 amide bonds. The Morgan fingerprint density at radius 1 is 0.939 bits per heavy atom. The fraction of sp³-hybridized carbons (Fsp3) is 0.269. The number of aromatic nitrogens is 2. The van der Waals surface area contributed by atoms with Gasteiger partial charge in [0.05, 0.1) is 17.6 Å². The molecule has 0 saturated heterocycles. The normalized spacial score (nSPS) is 11.1. The maximum Gasteiger partial charge on any atom is 0.161 e. The van der Waals surface area contributed by atoms with E-state index in [1.165, 1.54) is 0 Å². The second-order valence-electron chi connectivity index (χ2n) is 7.68. The van der Waals surface area contributed by atoms with E-state index in [0.717, 1.165) is 53.9 Å². The zero-order valence-electron chi connectivity index (χ0n) is 18.5. The van der Waals surface area contributed by atoms with Crippen molar-refractivity contribution < 1.29 is 9.47 Å². The Hall–Kier alpha value is -2.73. The third kappa shape index (κ3) is 6.20. The van der Waals surface area contributed by atoms with Crippen molar-refractivity contribution in [2.45, 2.75) is 32.9 Å². The van der Waals surface area contributed by atoms with Gasteiger partial charge in [0.2, 0.25) is 0 Å². The number of benzene rings is 3. The SMILES string of the molecule is CCOc1cc(CNCCCc2nc3ccccc3[nH]2)ccc1OCc1c(Cl)cccc1Cl. The maximum absolute atomic E-state index is 6.25. The van der Waals surface area contributed by atoms with Crippen LogP contribution in [0.5, 0.6) is 11.5 Å². The summed E-state index contributed by atoms with van der Waals surface area (Å²) < 4.78 is 11.8. The zero-order chi connectivity index (χ0) is 23.0. The van der Waals surface area contributed by atoms with Crippen LogP contribution in [0.15, 0.2) is 60.7 Å². The predicted octanol–water partition coefficient (Wildman–Crippen LogP) is 6.57. The van der Waals surface area contributed by atoms with Gasteiger partial charge in [-0.2, -0.15) is 0 Å². The summed E-state index contributed by atoms with van der Waals surface area (Å²) in [6, 6.07) is 19.5. The molecule has 0 aliphatic heterocycles. The highest BCUT2D eigenvalue weighted by Crippen LogP contribution is 2.31. The summed E-state index contributed by atoms with van der Waals surface area (Å²) in [7, 11) is 0. The first-order chi connectivity index (χ1) is 16.1. The predicted molar refractivity (Wildman–Crippen MR) is 135 cm³/mol. The molecule has 1 aromatic heterocycles. The fourth-order valence-electron chi connectivity index (χ4n) is 3.61. The number of halogens is 2. The molecule has 0 bridgehead atoms. The van der Waals surface area contributed by atoms with Crippen LogP contribution in [0.2, 0.25) is 10.0 Å². The summed E-state index contributed by atoms with van der Waals surface area (Å²) in [5, 5.41) is 4.67. The molecular weight excluding hydrogens is 457 g/mol. The molecule has 33 heavy (non-hydrogen) atoms. The molecule has 5 nitrogen and oxygen atoms in total. The zero-order valence-corrected chi connectivity index (χ0v) is 20.0. The molecule has 7 heteroatoms. The lowest BCUT2D eigenvalue weighted by Crippen LogP contribution is -2.15. The van der Waals surface area contributed by atoms with Gasteiger partial charge in [-0.3, -0.25) is 0 Å². The van der Waals surface area contributed by atoms with Gasteiger partial charge < -0.3 is 19.8 Å². The molecule has 2 N–H and O–H groups in total. The van der Waals surface area contributed by atoms with Gasteiger partial charge in [-0.15, -0.1) is 0 Å². The van der Waals surface area contributed by atoms with E-state index in [9.17, 15) is 0 Å². The van der Waals surface area contributed by atoms with E-state index in [4.69, 9.17) is 32.7 Å². The minimum atomic E-state index is 0.276. The summed E-state index contributed by atoms with van der Waals surface area (Å²) in [5.74, 6) is 2.40. The second-order valence-corrected chi connectivity index (χ2v) is 8.50. The number of rotatable bonds is 11. The minimum absolute atomic E-state index is 0.276. The molecule has 4 rings (SSSR count). The average molecular weight is 484 g/mol. The largest absolute Gasteiger partial charge is 0.490 e. The average Bonchev–Trinajstić information content (AvgIpc) is 3.23. The first-order valence-electron chi connectivity index (χ1n) is 11.1. The molecule has 0 saturated carbocycles. The standard InChI is InChI=1S/C26H27Cl2N3O2/c1-2-32-25-15-18(12-13-24(25)33-17-19-20(27)7-5-8-21(19)28)16-29-14-6-11-26-30-22-9-3-4-10-23(22)31-26/h3-5,7-10,12-13,15,29H,2,6,11,14,16-17H2,1H3,(H,30,31). The molecule has 0 unspecified atom stereocenters. The molecule has 0 spiro atoms. The Kier molecular flexibility index (Phi) is 8.10. The van der Waals surface area contributed by atoms with Crippen molar-refractivity contribution in [3.05, 3.63) is 87.7 Å². The Morgan fingerprint density at radius 2 is 1.76 bits per heavy atom. The van der Waals surface area contributed by atoms with E-state index in [1.54, 1.807) is 12.1 Å². The summed E-state index contributed by atoms with van der Waals surface area (Å²) in [6.45, 7) is 4.42. The number of hydrogen-bond donors (Lipinski definition) is 2. The lowest BCUT2D eigenvalue weighted by molar-refractivity contribution is 0.269. The molecular formula is C26H27Cl2N3O2. The topological polar surface area (TPSA) is 59.2 Å². The number of para-hydroxylation sites is 2. The van der Waals surface area contributed by atoms with Crippen LogP contribution in [-0.4, -0.2) is 23.1 Å². The van der Waals surface area contributed by atoms with Crippen LogP contribution < -0.4 is 14.8 Å². The fourth-order valence-corrected chi connectivity index (χ4v) is 4.11. The van der Waals surface area contributed by atoms with Crippen molar-refractivity contribution in [2.24, 2.45) is 0 Å². The number of aryl methyl sites for hydroxylation is 1. The Bertz CT molecular complexity index is 1160. The van der Waals surface area contributed by atoms with E-state index >= 15 is 0 Å². The molecule has 4 aromatic rings. The van der Waals surface area contributed by atoms with Gasteiger partial charge in [-0.05, 0) is 61.9 Å². The first-order valence-corrected chi connectivity index (χ1v) is 11.9. The molecule has 0 aliphatic rings.